The van der Waals surface area contributed by atoms with Gasteiger partial charge < -0.3 is 9.84 Å². The van der Waals surface area contributed by atoms with Crippen LogP contribution in [0.2, 0.25) is 0 Å². The van der Waals surface area contributed by atoms with E-state index >= 15 is 0 Å². The fourth-order valence-corrected chi connectivity index (χ4v) is 1.90. The molecule has 0 fully saturated rings. The molecule has 0 heterocycles. The number of carbonyl (C=O) groups is 1. The van der Waals surface area contributed by atoms with E-state index in [-0.39, 0.29) is 18.0 Å². The van der Waals surface area contributed by atoms with Crippen LogP contribution in [-0.2, 0) is 6.61 Å². The Labute approximate surface area is 117 Å². The van der Waals surface area contributed by atoms with Gasteiger partial charge in [-0.3, -0.25) is 0 Å². The number of rotatable bonds is 4. The van der Waals surface area contributed by atoms with E-state index in [0.29, 0.717) is 15.8 Å². The average Bonchev–Trinajstić information content (AvgIpc) is 2.37. The first-order chi connectivity index (χ1) is 9.06. The van der Waals surface area contributed by atoms with E-state index in [1.54, 1.807) is 18.2 Å². The molecule has 1 N–H and O–H groups in total. The van der Waals surface area contributed by atoms with Crippen molar-refractivity contribution in [3.63, 3.8) is 0 Å². The average molecular weight is 325 g/mol. The number of hydrogen-bond acceptors (Lipinski definition) is 2. The zero-order valence-electron chi connectivity index (χ0n) is 9.77. The Kier molecular flexibility index (Phi) is 4.16. The highest BCUT2D eigenvalue weighted by molar-refractivity contribution is 9.10. The highest BCUT2D eigenvalue weighted by Crippen LogP contribution is 2.27. The second-order valence-corrected chi connectivity index (χ2v) is 4.72. The van der Waals surface area contributed by atoms with Gasteiger partial charge in [0.15, 0.2) is 0 Å². The predicted octanol–water partition coefficient (Wildman–Crippen LogP) is 3.87. The van der Waals surface area contributed by atoms with Crippen molar-refractivity contribution in [2.75, 3.05) is 0 Å². The van der Waals surface area contributed by atoms with E-state index in [9.17, 15) is 9.18 Å². The molecule has 2 aromatic rings. The maximum atomic E-state index is 13.0. The molecule has 0 radical (unpaired) electrons. The summed E-state index contributed by atoms with van der Waals surface area (Å²) in [6.07, 6.45) is 0. The second-order valence-electron chi connectivity index (χ2n) is 3.87. The Balaban J connectivity index is 2.15. The molecule has 0 aromatic heterocycles. The molecule has 0 saturated carbocycles. The second kappa shape index (κ2) is 5.84. The highest BCUT2D eigenvalue weighted by Gasteiger charge is 2.08. The van der Waals surface area contributed by atoms with Crippen molar-refractivity contribution in [2.45, 2.75) is 6.61 Å². The summed E-state index contributed by atoms with van der Waals surface area (Å²) in [5, 5.41) is 8.90. The van der Waals surface area contributed by atoms with Crippen LogP contribution in [0.4, 0.5) is 4.39 Å². The van der Waals surface area contributed by atoms with Crippen molar-refractivity contribution >= 4 is 21.9 Å². The molecule has 0 unspecified atom stereocenters. The summed E-state index contributed by atoms with van der Waals surface area (Å²) in [5.41, 5.74) is 0.810. The standard InChI is InChI=1S/C14H10BrFO3/c15-12-5-4-10(14(17)18)7-13(12)19-8-9-2-1-3-11(16)6-9/h1-7H,8H2,(H,17,18). The normalized spacial score (nSPS) is 10.2. The zero-order valence-corrected chi connectivity index (χ0v) is 11.4. The molecule has 0 aliphatic rings. The van der Waals surface area contributed by atoms with Crippen LogP contribution in [0.3, 0.4) is 0 Å². The smallest absolute Gasteiger partial charge is 0.335 e. The first kappa shape index (κ1) is 13.5. The van der Waals surface area contributed by atoms with Gasteiger partial charge in [-0.05, 0) is 51.8 Å². The summed E-state index contributed by atoms with van der Waals surface area (Å²) in [5.74, 6) is -0.952. The van der Waals surface area contributed by atoms with Gasteiger partial charge in [-0.15, -0.1) is 0 Å². The summed E-state index contributed by atoms with van der Waals surface area (Å²) in [7, 11) is 0. The van der Waals surface area contributed by atoms with Gasteiger partial charge in [-0.2, -0.15) is 0 Å². The number of carboxylic acids is 1. The number of ether oxygens (including phenoxy) is 1. The number of halogens is 2. The molecular weight excluding hydrogens is 315 g/mol. The minimum Gasteiger partial charge on any atom is -0.488 e. The van der Waals surface area contributed by atoms with Crippen molar-refractivity contribution in [1.29, 1.82) is 0 Å². The van der Waals surface area contributed by atoms with Gasteiger partial charge in [0.25, 0.3) is 0 Å². The molecule has 2 aromatic carbocycles. The van der Waals surface area contributed by atoms with Crippen LogP contribution in [0.15, 0.2) is 46.9 Å². The van der Waals surface area contributed by atoms with E-state index in [1.165, 1.54) is 24.3 Å². The fourth-order valence-electron chi connectivity index (χ4n) is 1.53. The van der Waals surface area contributed by atoms with E-state index in [1.807, 2.05) is 0 Å². The maximum Gasteiger partial charge on any atom is 0.335 e. The molecule has 19 heavy (non-hydrogen) atoms. The van der Waals surface area contributed by atoms with E-state index < -0.39 is 5.97 Å². The summed E-state index contributed by atoms with van der Waals surface area (Å²) < 4.78 is 19.1. The monoisotopic (exact) mass is 324 g/mol. The lowest BCUT2D eigenvalue weighted by Gasteiger charge is -2.09. The largest absolute Gasteiger partial charge is 0.488 e. The van der Waals surface area contributed by atoms with Crippen molar-refractivity contribution in [3.05, 3.63) is 63.9 Å². The minimum atomic E-state index is -1.02. The third-order valence-corrected chi connectivity index (χ3v) is 3.12. The van der Waals surface area contributed by atoms with E-state index in [2.05, 4.69) is 15.9 Å². The molecule has 3 nitrogen and oxygen atoms in total. The third-order valence-electron chi connectivity index (χ3n) is 2.46. The summed E-state index contributed by atoms with van der Waals surface area (Å²) in [6, 6.07) is 10.5. The van der Waals surface area contributed by atoms with Crippen LogP contribution in [0.5, 0.6) is 5.75 Å². The Morgan fingerprint density at radius 2 is 2.05 bits per heavy atom. The van der Waals surface area contributed by atoms with Gasteiger partial charge in [0.2, 0.25) is 0 Å². The molecular formula is C14H10BrFO3. The molecule has 0 amide bonds. The Morgan fingerprint density at radius 1 is 1.26 bits per heavy atom. The Morgan fingerprint density at radius 3 is 2.74 bits per heavy atom. The van der Waals surface area contributed by atoms with Crippen molar-refractivity contribution in [3.8, 4) is 5.75 Å². The van der Waals surface area contributed by atoms with Crippen molar-refractivity contribution in [1.82, 2.24) is 0 Å². The highest BCUT2D eigenvalue weighted by atomic mass is 79.9. The molecule has 0 spiro atoms. The van der Waals surface area contributed by atoms with Gasteiger partial charge in [-0.25, -0.2) is 9.18 Å². The topological polar surface area (TPSA) is 46.5 Å². The molecule has 0 bridgehead atoms. The van der Waals surface area contributed by atoms with Crippen LogP contribution >= 0.6 is 15.9 Å². The quantitative estimate of drug-likeness (QED) is 0.928. The van der Waals surface area contributed by atoms with Crippen molar-refractivity contribution < 1.29 is 19.0 Å². The van der Waals surface area contributed by atoms with Crippen LogP contribution in [0.1, 0.15) is 15.9 Å². The van der Waals surface area contributed by atoms with E-state index in [4.69, 9.17) is 9.84 Å². The Bertz CT molecular complexity index is 613. The molecule has 5 heteroatoms. The fraction of sp³-hybridized carbons (Fsp3) is 0.0714. The number of carboxylic acid groups (broad SMARTS) is 1. The Hall–Kier alpha value is -1.88. The van der Waals surface area contributed by atoms with Gasteiger partial charge in [0.1, 0.15) is 18.2 Å². The summed E-state index contributed by atoms with van der Waals surface area (Å²) in [4.78, 5) is 10.9. The van der Waals surface area contributed by atoms with Crippen LogP contribution in [0.25, 0.3) is 0 Å². The van der Waals surface area contributed by atoms with E-state index in [0.717, 1.165) is 0 Å². The summed E-state index contributed by atoms with van der Waals surface area (Å²) in [6.45, 7) is 0.166. The number of benzene rings is 2. The van der Waals surface area contributed by atoms with Crippen LogP contribution in [-0.4, -0.2) is 11.1 Å². The molecule has 0 atom stereocenters. The summed E-state index contributed by atoms with van der Waals surface area (Å²) >= 11 is 3.28. The van der Waals surface area contributed by atoms with Crippen molar-refractivity contribution in [2.24, 2.45) is 0 Å². The molecule has 0 aliphatic carbocycles. The zero-order chi connectivity index (χ0) is 13.8. The van der Waals surface area contributed by atoms with Crippen LogP contribution < -0.4 is 4.74 Å². The molecule has 98 valence electrons. The lowest BCUT2D eigenvalue weighted by Crippen LogP contribution is -2.00. The predicted molar refractivity (Wildman–Crippen MR) is 71.8 cm³/mol. The first-order valence-corrected chi connectivity index (χ1v) is 6.25. The lowest BCUT2D eigenvalue weighted by atomic mass is 10.2. The third kappa shape index (κ3) is 3.54. The van der Waals surface area contributed by atoms with Gasteiger partial charge in [-0.1, -0.05) is 12.1 Å². The minimum absolute atomic E-state index is 0.137. The molecule has 0 aliphatic heterocycles. The first-order valence-electron chi connectivity index (χ1n) is 5.46. The van der Waals surface area contributed by atoms with Gasteiger partial charge in [0, 0.05) is 0 Å². The number of aromatic carboxylic acids is 1. The molecule has 0 saturated heterocycles. The van der Waals surface area contributed by atoms with Gasteiger partial charge in [0.05, 0.1) is 10.0 Å². The van der Waals surface area contributed by atoms with Gasteiger partial charge >= 0.3 is 5.97 Å². The molecule has 2 rings (SSSR count). The lowest BCUT2D eigenvalue weighted by molar-refractivity contribution is 0.0696. The number of hydrogen-bond donors (Lipinski definition) is 1. The maximum absolute atomic E-state index is 13.0. The van der Waals surface area contributed by atoms with Crippen LogP contribution in [0, 0.1) is 5.82 Å². The SMILES string of the molecule is O=C(O)c1ccc(Br)c(OCc2cccc(F)c2)c1.